The highest BCUT2D eigenvalue weighted by molar-refractivity contribution is 7.98. The lowest BCUT2D eigenvalue weighted by atomic mass is 9.94. The van der Waals surface area contributed by atoms with Crippen molar-refractivity contribution in [1.29, 1.82) is 0 Å². The van der Waals surface area contributed by atoms with Crippen molar-refractivity contribution in [2.45, 2.75) is 29.9 Å². The quantitative estimate of drug-likeness (QED) is 0.854. The fourth-order valence-corrected chi connectivity index (χ4v) is 4.19. The van der Waals surface area contributed by atoms with Gasteiger partial charge < -0.3 is 10.0 Å². The molecule has 0 radical (unpaired) electrons. The third-order valence-electron chi connectivity index (χ3n) is 4.90. The van der Waals surface area contributed by atoms with Crippen LogP contribution in [0.15, 0.2) is 59.5 Å². The monoisotopic (exact) mass is 323 g/mol. The van der Waals surface area contributed by atoms with Crippen molar-refractivity contribution in [1.82, 2.24) is 4.90 Å². The van der Waals surface area contributed by atoms with Crippen LogP contribution in [0.3, 0.4) is 0 Å². The molecule has 4 rings (SSSR count). The molecule has 0 spiro atoms. The molecule has 1 N–H and O–H groups in total. The van der Waals surface area contributed by atoms with Crippen molar-refractivity contribution in [3.05, 3.63) is 71.3 Å². The van der Waals surface area contributed by atoms with E-state index in [2.05, 4.69) is 59.7 Å². The van der Waals surface area contributed by atoms with Crippen molar-refractivity contribution in [2.24, 2.45) is 0 Å². The lowest BCUT2D eigenvalue weighted by Gasteiger charge is -2.38. The summed E-state index contributed by atoms with van der Waals surface area (Å²) < 4.78 is 0. The maximum atomic E-state index is 11.6. The molecule has 2 aliphatic heterocycles. The van der Waals surface area contributed by atoms with Gasteiger partial charge in [-0.1, -0.05) is 42.5 Å². The van der Waals surface area contributed by atoms with E-state index in [1.165, 1.54) is 21.7 Å². The number of hydrogen-bond acceptors (Lipinski definition) is 3. The smallest absolute Gasteiger partial charge is 0.169 e. The van der Waals surface area contributed by atoms with Crippen LogP contribution in [0.5, 0.6) is 0 Å². The van der Waals surface area contributed by atoms with E-state index in [1.54, 1.807) is 11.8 Å². The van der Waals surface area contributed by atoms with Gasteiger partial charge in [-0.25, -0.2) is 0 Å². The molecule has 118 valence electrons. The van der Waals surface area contributed by atoms with Crippen molar-refractivity contribution in [2.75, 3.05) is 12.8 Å². The van der Waals surface area contributed by atoms with E-state index < -0.39 is 5.72 Å². The number of fused-ring (bicyclic) bond motifs is 3. The first-order chi connectivity index (χ1) is 11.2. The molecule has 0 bridgehead atoms. The summed E-state index contributed by atoms with van der Waals surface area (Å²) in [7, 11) is 0. The molecular weight excluding hydrogens is 302 g/mol. The second-order valence-electron chi connectivity index (χ2n) is 6.27. The Labute approximate surface area is 141 Å². The number of allylic oxidation sites excluding steroid dienone is 1. The van der Waals surface area contributed by atoms with Crippen LogP contribution in [0, 0.1) is 0 Å². The van der Waals surface area contributed by atoms with Crippen molar-refractivity contribution in [3.63, 3.8) is 0 Å². The van der Waals surface area contributed by atoms with Crippen LogP contribution in [0.2, 0.25) is 0 Å². The minimum absolute atomic E-state index is 0.621. The Balaban J connectivity index is 1.75. The van der Waals surface area contributed by atoms with Gasteiger partial charge >= 0.3 is 0 Å². The van der Waals surface area contributed by atoms with Crippen LogP contribution in [0.1, 0.15) is 29.5 Å². The molecule has 2 heterocycles. The summed E-state index contributed by atoms with van der Waals surface area (Å²) >= 11 is 1.74. The lowest BCUT2D eigenvalue weighted by Crippen LogP contribution is -2.43. The molecule has 0 saturated heterocycles. The molecule has 1 unspecified atom stereocenters. The second kappa shape index (κ2) is 5.73. The maximum Gasteiger partial charge on any atom is 0.169 e. The average molecular weight is 323 g/mol. The van der Waals surface area contributed by atoms with Crippen molar-refractivity contribution < 1.29 is 5.11 Å². The molecule has 2 aromatic carbocycles. The van der Waals surface area contributed by atoms with Gasteiger partial charge in [0.25, 0.3) is 0 Å². The molecule has 2 aliphatic rings. The molecule has 2 nitrogen and oxygen atoms in total. The summed E-state index contributed by atoms with van der Waals surface area (Å²) in [5.41, 5.74) is 3.68. The predicted octanol–water partition coefficient (Wildman–Crippen LogP) is 4.25. The number of hydrogen-bond donors (Lipinski definition) is 1. The van der Waals surface area contributed by atoms with Gasteiger partial charge in [0.05, 0.1) is 0 Å². The van der Waals surface area contributed by atoms with Crippen LogP contribution in [-0.2, 0) is 12.1 Å². The van der Waals surface area contributed by atoms with E-state index in [1.807, 2.05) is 6.07 Å². The fourth-order valence-electron chi connectivity index (χ4n) is 3.78. The summed E-state index contributed by atoms with van der Waals surface area (Å²) in [6, 6.07) is 16.8. The Morgan fingerprint density at radius 3 is 2.70 bits per heavy atom. The van der Waals surface area contributed by atoms with Crippen LogP contribution >= 0.6 is 11.8 Å². The Bertz CT molecular complexity index is 752. The van der Waals surface area contributed by atoms with Crippen molar-refractivity contribution >= 4 is 17.5 Å². The summed E-state index contributed by atoms with van der Waals surface area (Å²) in [6.45, 7) is 0.917. The Morgan fingerprint density at radius 1 is 1.13 bits per heavy atom. The largest absolute Gasteiger partial charge is 0.366 e. The van der Waals surface area contributed by atoms with Gasteiger partial charge in [0.15, 0.2) is 5.72 Å². The Morgan fingerprint density at radius 2 is 1.91 bits per heavy atom. The number of thioether (sulfide) groups is 1. The predicted molar refractivity (Wildman–Crippen MR) is 96.2 cm³/mol. The van der Waals surface area contributed by atoms with Gasteiger partial charge in [-0.2, -0.15) is 0 Å². The highest BCUT2D eigenvalue weighted by atomic mass is 32.2. The van der Waals surface area contributed by atoms with Crippen LogP contribution in [0.25, 0.3) is 5.70 Å². The van der Waals surface area contributed by atoms with E-state index in [0.29, 0.717) is 6.42 Å². The Hall–Kier alpha value is -1.71. The number of rotatable bonds is 3. The number of aliphatic hydroxyl groups is 1. The molecule has 0 saturated carbocycles. The van der Waals surface area contributed by atoms with Crippen molar-refractivity contribution in [3.8, 4) is 0 Å². The van der Waals surface area contributed by atoms with Gasteiger partial charge in [-0.05, 0) is 36.8 Å². The molecule has 3 heteroatoms. The first kappa shape index (κ1) is 14.9. The first-order valence-corrected chi connectivity index (χ1v) is 9.38. The molecule has 0 amide bonds. The summed E-state index contributed by atoms with van der Waals surface area (Å²) in [5.74, 6) is 0. The molecule has 2 aromatic rings. The average Bonchev–Trinajstić information content (AvgIpc) is 2.86. The maximum absolute atomic E-state index is 11.6. The van der Waals surface area contributed by atoms with Gasteiger partial charge in [0.2, 0.25) is 0 Å². The van der Waals surface area contributed by atoms with Gasteiger partial charge in [0, 0.05) is 34.7 Å². The number of nitrogens with zero attached hydrogens (tertiary/aromatic N) is 1. The minimum atomic E-state index is -0.927. The minimum Gasteiger partial charge on any atom is -0.366 e. The van der Waals surface area contributed by atoms with E-state index in [9.17, 15) is 5.11 Å². The molecular formula is C20H21NOS. The van der Waals surface area contributed by atoms with Crippen LogP contribution < -0.4 is 0 Å². The zero-order valence-electron chi connectivity index (χ0n) is 13.3. The SMILES string of the molecule is CSc1ccc(CC2(O)c3ccccc3C3=CCCCN32)cc1. The first-order valence-electron chi connectivity index (χ1n) is 8.15. The van der Waals surface area contributed by atoms with E-state index in [4.69, 9.17) is 0 Å². The number of benzene rings is 2. The molecule has 0 fully saturated rings. The summed E-state index contributed by atoms with van der Waals surface area (Å²) in [6.07, 6.45) is 7.18. The third-order valence-corrected chi connectivity index (χ3v) is 5.65. The zero-order valence-corrected chi connectivity index (χ0v) is 14.1. The molecule has 1 atom stereocenters. The normalized spacial score (nSPS) is 22.5. The van der Waals surface area contributed by atoms with Gasteiger partial charge in [-0.3, -0.25) is 0 Å². The molecule has 0 aliphatic carbocycles. The van der Waals surface area contributed by atoms with Crippen LogP contribution in [0.4, 0.5) is 0 Å². The van der Waals surface area contributed by atoms with E-state index in [-0.39, 0.29) is 0 Å². The Kier molecular flexibility index (Phi) is 3.70. The summed E-state index contributed by atoms with van der Waals surface area (Å²) in [5, 5.41) is 11.6. The lowest BCUT2D eigenvalue weighted by molar-refractivity contribution is -0.0756. The fraction of sp³-hybridized carbons (Fsp3) is 0.300. The van der Waals surface area contributed by atoms with Gasteiger partial charge in [0.1, 0.15) is 0 Å². The second-order valence-corrected chi connectivity index (χ2v) is 7.15. The van der Waals surface area contributed by atoms with Crippen LogP contribution in [-0.4, -0.2) is 22.8 Å². The van der Waals surface area contributed by atoms with E-state index in [0.717, 1.165) is 24.9 Å². The summed E-state index contributed by atoms with van der Waals surface area (Å²) in [4.78, 5) is 3.45. The molecule has 0 aromatic heterocycles. The topological polar surface area (TPSA) is 23.5 Å². The highest BCUT2D eigenvalue weighted by Gasteiger charge is 2.46. The highest BCUT2D eigenvalue weighted by Crippen LogP contribution is 2.47. The standard InChI is InChI=1S/C20H21NOS/c1-23-16-11-9-15(10-12-16)14-20(22)18-7-3-2-6-17(18)19-8-4-5-13-21(19)20/h2-3,6-12,22H,4-5,13-14H2,1H3. The zero-order chi connectivity index (χ0) is 15.9. The van der Waals surface area contributed by atoms with Gasteiger partial charge in [-0.15, -0.1) is 11.8 Å². The third kappa shape index (κ3) is 2.39. The van der Waals surface area contributed by atoms with E-state index >= 15 is 0 Å². The molecule has 23 heavy (non-hydrogen) atoms.